The fraction of sp³-hybridized carbons (Fsp3) is 0.647. The number of nitrogens with one attached hydrogen (secondary N) is 1. The molecule has 0 bridgehead atoms. The highest BCUT2D eigenvalue weighted by Crippen LogP contribution is 2.36. The zero-order chi connectivity index (χ0) is 15.3. The largest absolute Gasteiger partial charge is 0.494 e. The maximum absolute atomic E-state index is 13.5. The molecule has 21 heavy (non-hydrogen) atoms. The zero-order valence-electron chi connectivity index (χ0n) is 13.1. The van der Waals surface area contributed by atoms with E-state index in [0.29, 0.717) is 6.54 Å². The van der Waals surface area contributed by atoms with Gasteiger partial charge in [-0.3, -0.25) is 0 Å². The van der Waals surface area contributed by atoms with E-state index in [1.165, 1.54) is 38.9 Å². The Hall–Kier alpha value is -1.29. The molecule has 0 heterocycles. The summed E-state index contributed by atoms with van der Waals surface area (Å²) < 4.78 is 18.5. The lowest BCUT2D eigenvalue weighted by Gasteiger charge is -2.41. The SMILES string of the molecule is CCCC1CCC(CN)(Nc2ccc(F)c(OC)c2)CC1. The third-order valence-corrected chi connectivity index (χ3v) is 4.71. The predicted molar refractivity (Wildman–Crippen MR) is 85.2 cm³/mol. The van der Waals surface area contributed by atoms with Crippen LogP contribution in [0.2, 0.25) is 0 Å². The van der Waals surface area contributed by atoms with Gasteiger partial charge < -0.3 is 15.8 Å². The number of methoxy groups -OCH3 is 1. The van der Waals surface area contributed by atoms with Gasteiger partial charge in [-0.1, -0.05) is 19.8 Å². The molecule has 1 aliphatic rings. The van der Waals surface area contributed by atoms with Crippen LogP contribution in [0.4, 0.5) is 10.1 Å². The first-order valence-corrected chi connectivity index (χ1v) is 7.94. The Morgan fingerprint density at radius 2 is 2.10 bits per heavy atom. The van der Waals surface area contributed by atoms with Crippen LogP contribution < -0.4 is 15.8 Å². The van der Waals surface area contributed by atoms with Crippen LogP contribution in [0.1, 0.15) is 45.4 Å². The molecule has 0 radical (unpaired) electrons. The van der Waals surface area contributed by atoms with Crippen molar-refractivity contribution in [2.45, 2.75) is 51.0 Å². The molecule has 1 fully saturated rings. The van der Waals surface area contributed by atoms with Crippen molar-refractivity contribution in [3.63, 3.8) is 0 Å². The lowest BCUT2D eigenvalue weighted by atomic mass is 9.75. The Balaban J connectivity index is 2.05. The molecule has 3 N–H and O–H groups in total. The van der Waals surface area contributed by atoms with Gasteiger partial charge in [-0.2, -0.15) is 0 Å². The molecule has 0 spiro atoms. The second kappa shape index (κ2) is 7.12. The van der Waals surface area contributed by atoms with E-state index in [1.807, 2.05) is 0 Å². The Bertz CT molecular complexity index is 456. The van der Waals surface area contributed by atoms with Crippen molar-refractivity contribution >= 4 is 5.69 Å². The van der Waals surface area contributed by atoms with Gasteiger partial charge in [0.1, 0.15) is 0 Å². The summed E-state index contributed by atoms with van der Waals surface area (Å²) in [5.74, 6) is 0.766. The molecule has 1 saturated carbocycles. The van der Waals surface area contributed by atoms with E-state index < -0.39 is 0 Å². The summed E-state index contributed by atoms with van der Waals surface area (Å²) in [7, 11) is 1.48. The van der Waals surface area contributed by atoms with E-state index in [4.69, 9.17) is 10.5 Å². The number of anilines is 1. The van der Waals surface area contributed by atoms with Crippen molar-refractivity contribution in [3.05, 3.63) is 24.0 Å². The second-order valence-electron chi connectivity index (χ2n) is 6.19. The van der Waals surface area contributed by atoms with Crippen molar-refractivity contribution in [2.24, 2.45) is 11.7 Å². The van der Waals surface area contributed by atoms with Gasteiger partial charge in [0.25, 0.3) is 0 Å². The van der Waals surface area contributed by atoms with E-state index >= 15 is 0 Å². The highest BCUT2D eigenvalue weighted by molar-refractivity contribution is 5.51. The summed E-state index contributed by atoms with van der Waals surface area (Å²) in [5, 5.41) is 3.54. The quantitative estimate of drug-likeness (QED) is 0.835. The molecule has 0 atom stereocenters. The van der Waals surface area contributed by atoms with Crippen LogP contribution >= 0.6 is 0 Å². The Kier molecular flexibility index (Phi) is 5.45. The number of rotatable bonds is 6. The Morgan fingerprint density at radius 3 is 2.67 bits per heavy atom. The fourth-order valence-electron chi connectivity index (χ4n) is 3.35. The molecule has 2 rings (SSSR count). The summed E-state index contributed by atoms with van der Waals surface area (Å²) in [6.45, 7) is 2.85. The van der Waals surface area contributed by atoms with Crippen molar-refractivity contribution in [3.8, 4) is 5.75 Å². The normalized spacial score (nSPS) is 25.6. The van der Waals surface area contributed by atoms with Gasteiger partial charge in [0, 0.05) is 23.8 Å². The summed E-state index contributed by atoms with van der Waals surface area (Å²) in [6, 6.07) is 4.91. The van der Waals surface area contributed by atoms with Crippen molar-refractivity contribution in [1.82, 2.24) is 0 Å². The molecule has 0 amide bonds. The fourth-order valence-corrected chi connectivity index (χ4v) is 3.35. The molecule has 1 aromatic carbocycles. The molecule has 0 unspecified atom stereocenters. The first-order chi connectivity index (χ1) is 10.1. The average molecular weight is 294 g/mol. The van der Waals surface area contributed by atoms with Crippen LogP contribution in [0.3, 0.4) is 0 Å². The molecule has 3 nitrogen and oxygen atoms in total. The minimum Gasteiger partial charge on any atom is -0.494 e. The first kappa shape index (κ1) is 16.1. The van der Waals surface area contributed by atoms with Crippen molar-refractivity contribution in [1.29, 1.82) is 0 Å². The standard InChI is InChI=1S/C17H27FN2O/c1-3-4-13-7-9-17(12-19,10-8-13)20-14-5-6-15(18)16(11-14)21-2/h5-6,11,13,20H,3-4,7-10,12,19H2,1-2H3. The van der Waals surface area contributed by atoms with Gasteiger partial charge >= 0.3 is 0 Å². The minimum atomic E-state index is -0.337. The summed E-state index contributed by atoms with van der Waals surface area (Å²) in [5.41, 5.74) is 6.86. The number of benzene rings is 1. The Morgan fingerprint density at radius 1 is 1.38 bits per heavy atom. The van der Waals surface area contributed by atoms with Gasteiger partial charge in [-0.15, -0.1) is 0 Å². The molecule has 0 aromatic heterocycles. The van der Waals surface area contributed by atoms with Crippen LogP contribution in [0.25, 0.3) is 0 Å². The number of nitrogens with two attached hydrogens (primary N) is 1. The molecule has 0 saturated heterocycles. The van der Waals surface area contributed by atoms with Gasteiger partial charge in [-0.05, 0) is 43.7 Å². The lowest BCUT2D eigenvalue weighted by molar-refractivity contribution is 0.247. The van der Waals surface area contributed by atoms with E-state index in [9.17, 15) is 4.39 Å². The number of ether oxygens (including phenoxy) is 1. The van der Waals surface area contributed by atoms with Gasteiger partial charge in [-0.25, -0.2) is 4.39 Å². The smallest absolute Gasteiger partial charge is 0.165 e. The van der Waals surface area contributed by atoms with E-state index in [0.717, 1.165) is 24.4 Å². The van der Waals surface area contributed by atoms with E-state index in [1.54, 1.807) is 12.1 Å². The third-order valence-electron chi connectivity index (χ3n) is 4.71. The van der Waals surface area contributed by atoms with Crippen LogP contribution in [0.5, 0.6) is 5.75 Å². The molecular formula is C17H27FN2O. The van der Waals surface area contributed by atoms with E-state index in [-0.39, 0.29) is 17.1 Å². The molecule has 1 aliphatic carbocycles. The highest BCUT2D eigenvalue weighted by atomic mass is 19.1. The highest BCUT2D eigenvalue weighted by Gasteiger charge is 2.33. The van der Waals surface area contributed by atoms with Crippen LogP contribution in [0.15, 0.2) is 18.2 Å². The molecule has 0 aliphatic heterocycles. The maximum Gasteiger partial charge on any atom is 0.165 e. The van der Waals surface area contributed by atoms with Crippen LogP contribution in [-0.2, 0) is 0 Å². The Labute approximate surface area is 127 Å². The van der Waals surface area contributed by atoms with Crippen molar-refractivity contribution in [2.75, 3.05) is 19.0 Å². The predicted octanol–water partition coefficient (Wildman–Crippen LogP) is 3.93. The molecule has 118 valence electrons. The third kappa shape index (κ3) is 3.88. The van der Waals surface area contributed by atoms with Crippen LogP contribution in [-0.4, -0.2) is 19.2 Å². The topological polar surface area (TPSA) is 47.3 Å². The average Bonchev–Trinajstić information content (AvgIpc) is 2.51. The maximum atomic E-state index is 13.5. The second-order valence-corrected chi connectivity index (χ2v) is 6.19. The molecular weight excluding hydrogens is 267 g/mol. The zero-order valence-corrected chi connectivity index (χ0v) is 13.1. The minimum absolute atomic E-state index is 0.0624. The lowest BCUT2D eigenvalue weighted by Crippen LogP contribution is -2.48. The van der Waals surface area contributed by atoms with Crippen molar-refractivity contribution < 1.29 is 9.13 Å². The molecule has 1 aromatic rings. The summed E-state index contributed by atoms with van der Waals surface area (Å²) in [4.78, 5) is 0. The van der Waals surface area contributed by atoms with Crippen LogP contribution in [0, 0.1) is 11.7 Å². The number of hydrogen-bond donors (Lipinski definition) is 2. The number of hydrogen-bond acceptors (Lipinski definition) is 3. The van der Waals surface area contributed by atoms with Gasteiger partial charge in [0.2, 0.25) is 0 Å². The monoisotopic (exact) mass is 294 g/mol. The van der Waals surface area contributed by atoms with E-state index in [2.05, 4.69) is 12.2 Å². The molecule has 4 heteroatoms. The first-order valence-electron chi connectivity index (χ1n) is 7.94. The van der Waals surface area contributed by atoms with Gasteiger partial charge in [0.05, 0.1) is 7.11 Å². The number of halogens is 1. The van der Waals surface area contributed by atoms with Gasteiger partial charge in [0.15, 0.2) is 11.6 Å². The summed E-state index contributed by atoms with van der Waals surface area (Å²) in [6.07, 6.45) is 7.16. The summed E-state index contributed by atoms with van der Waals surface area (Å²) >= 11 is 0.